The molecule has 0 rings (SSSR count). The third-order valence-corrected chi connectivity index (χ3v) is 1.54. The Labute approximate surface area is 63.6 Å². The van der Waals surface area contributed by atoms with E-state index in [1.54, 1.807) is 0 Å². The molecule has 10 heavy (non-hydrogen) atoms. The van der Waals surface area contributed by atoms with Crippen LogP contribution in [0.1, 0.15) is 33.1 Å². The summed E-state index contributed by atoms with van der Waals surface area (Å²) < 4.78 is 0. The van der Waals surface area contributed by atoms with Gasteiger partial charge in [0.05, 0.1) is 6.61 Å². The van der Waals surface area contributed by atoms with E-state index in [2.05, 4.69) is 19.2 Å². The van der Waals surface area contributed by atoms with Gasteiger partial charge in [0.25, 0.3) is 0 Å². The summed E-state index contributed by atoms with van der Waals surface area (Å²) in [5.41, 5.74) is 0. The highest BCUT2D eigenvalue weighted by Gasteiger charge is 2.02. The van der Waals surface area contributed by atoms with Crippen LogP contribution in [0, 0.1) is 0 Å². The lowest BCUT2D eigenvalue weighted by atomic mass is 10.2. The molecular weight excluding hydrogens is 126 g/mol. The molecule has 0 amide bonds. The first-order valence-corrected chi connectivity index (χ1v) is 4.19. The first-order valence-electron chi connectivity index (χ1n) is 4.19. The Morgan fingerprint density at radius 2 is 2.00 bits per heavy atom. The molecule has 0 heterocycles. The standard InChI is InChI=1S/C8H19NO/c1-3-5-8(7-10)9-6-4-2/h8-10H,3-7H2,1-2H3/t8-/m0/s1. The lowest BCUT2D eigenvalue weighted by Gasteiger charge is -2.13. The third kappa shape index (κ3) is 4.77. The van der Waals surface area contributed by atoms with Crippen LogP contribution in [0.15, 0.2) is 0 Å². The normalized spacial score (nSPS) is 13.5. The molecule has 62 valence electrons. The summed E-state index contributed by atoms with van der Waals surface area (Å²) in [5, 5.41) is 12.1. The van der Waals surface area contributed by atoms with Gasteiger partial charge in [0, 0.05) is 6.04 Å². The second kappa shape index (κ2) is 7.03. The maximum Gasteiger partial charge on any atom is 0.0584 e. The number of aliphatic hydroxyl groups excluding tert-OH is 1. The van der Waals surface area contributed by atoms with E-state index in [0.717, 1.165) is 25.8 Å². The molecule has 0 saturated carbocycles. The molecule has 0 aromatic carbocycles. The molecule has 2 nitrogen and oxygen atoms in total. The number of nitrogens with one attached hydrogen (secondary N) is 1. The zero-order chi connectivity index (χ0) is 7.82. The van der Waals surface area contributed by atoms with Crippen LogP contribution >= 0.6 is 0 Å². The lowest BCUT2D eigenvalue weighted by Crippen LogP contribution is -2.32. The number of hydrogen-bond donors (Lipinski definition) is 2. The summed E-state index contributed by atoms with van der Waals surface area (Å²) in [5.74, 6) is 0. The van der Waals surface area contributed by atoms with Crippen molar-refractivity contribution in [2.75, 3.05) is 13.2 Å². The first-order chi connectivity index (χ1) is 4.85. The van der Waals surface area contributed by atoms with Crippen molar-refractivity contribution >= 4 is 0 Å². The van der Waals surface area contributed by atoms with Crippen molar-refractivity contribution in [3.05, 3.63) is 0 Å². The minimum absolute atomic E-state index is 0.272. The number of rotatable bonds is 6. The Kier molecular flexibility index (Phi) is 6.98. The molecule has 0 aromatic rings. The molecule has 0 bridgehead atoms. The van der Waals surface area contributed by atoms with Gasteiger partial charge in [0.1, 0.15) is 0 Å². The molecule has 0 unspecified atom stereocenters. The predicted octanol–water partition coefficient (Wildman–Crippen LogP) is 1.15. The van der Waals surface area contributed by atoms with Crippen molar-refractivity contribution in [1.29, 1.82) is 0 Å². The van der Waals surface area contributed by atoms with Gasteiger partial charge in [-0.1, -0.05) is 20.3 Å². The van der Waals surface area contributed by atoms with Gasteiger partial charge in [-0.05, 0) is 19.4 Å². The highest BCUT2D eigenvalue weighted by molar-refractivity contribution is 4.63. The fraction of sp³-hybridized carbons (Fsp3) is 1.00. The minimum Gasteiger partial charge on any atom is -0.395 e. The Balaban J connectivity index is 3.21. The predicted molar refractivity (Wildman–Crippen MR) is 44.1 cm³/mol. The van der Waals surface area contributed by atoms with Gasteiger partial charge in [0.2, 0.25) is 0 Å². The molecule has 0 saturated heterocycles. The highest BCUT2D eigenvalue weighted by atomic mass is 16.3. The van der Waals surface area contributed by atoms with Gasteiger partial charge in [0.15, 0.2) is 0 Å². The van der Waals surface area contributed by atoms with Crippen LogP contribution in [0.5, 0.6) is 0 Å². The Morgan fingerprint density at radius 3 is 2.40 bits per heavy atom. The molecule has 0 fully saturated rings. The highest BCUT2D eigenvalue weighted by Crippen LogP contribution is 1.94. The summed E-state index contributed by atoms with van der Waals surface area (Å²) in [6.45, 7) is 5.56. The third-order valence-electron chi connectivity index (χ3n) is 1.54. The zero-order valence-corrected chi connectivity index (χ0v) is 7.06. The summed E-state index contributed by atoms with van der Waals surface area (Å²) in [6.07, 6.45) is 3.36. The monoisotopic (exact) mass is 145 g/mol. The second-order valence-corrected chi connectivity index (χ2v) is 2.62. The van der Waals surface area contributed by atoms with Crippen molar-refractivity contribution in [1.82, 2.24) is 5.32 Å². The smallest absolute Gasteiger partial charge is 0.0584 e. The van der Waals surface area contributed by atoms with Crippen LogP contribution in [0.25, 0.3) is 0 Å². The molecule has 2 N–H and O–H groups in total. The van der Waals surface area contributed by atoms with Crippen LogP contribution in [-0.4, -0.2) is 24.3 Å². The molecular formula is C8H19NO. The van der Waals surface area contributed by atoms with Gasteiger partial charge in [-0.15, -0.1) is 0 Å². The quantitative estimate of drug-likeness (QED) is 0.587. The van der Waals surface area contributed by atoms with E-state index < -0.39 is 0 Å². The van der Waals surface area contributed by atoms with Crippen LogP contribution in [-0.2, 0) is 0 Å². The largest absolute Gasteiger partial charge is 0.395 e. The fourth-order valence-electron chi connectivity index (χ4n) is 0.955. The van der Waals surface area contributed by atoms with E-state index >= 15 is 0 Å². The van der Waals surface area contributed by atoms with E-state index in [1.807, 2.05) is 0 Å². The Morgan fingerprint density at radius 1 is 1.30 bits per heavy atom. The van der Waals surface area contributed by atoms with E-state index in [1.165, 1.54) is 0 Å². The Hall–Kier alpha value is -0.0800. The van der Waals surface area contributed by atoms with Crippen molar-refractivity contribution in [3.63, 3.8) is 0 Å². The SMILES string of the molecule is CCCN[C@H](CO)CCC. The van der Waals surface area contributed by atoms with E-state index in [0.29, 0.717) is 6.04 Å². The maximum atomic E-state index is 8.82. The summed E-state index contributed by atoms with van der Waals surface area (Å²) >= 11 is 0. The molecule has 0 aliphatic carbocycles. The van der Waals surface area contributed by atoms with Crippen LogP contribution in [0.2, 0.25) is 0 Å². The summed E-state index contributed by atoms with van der Waals surface area (Å²) in [4.78, 5) is 0. The van der Waals surface area contributed by atoms with E-state index in [4.69, 9.17) is 5.11 Å². The van der Waals surface area contributed by atoms with E-state index in [9.17, 15) is 0 Å². The van der Waals surface area contributed by atoms with Gasteiger partial charge in [-0.3, -0.25) is 0 Å². The maximum absolute atomic E-state index is 8.82. The molecule has 2 heteroatoms. The van der Waals surface area contributed by atoms with Crippen molar-refractivity contribution in [3.8, 4) is 0 Å². The number of hydrogen-bond acceptors (Lipinski definition) is 2. The zero-order valence-electron chi connectivity index (χ0n) is 7.06. The first kappa shape index (κ1) is 9.92. The van der Waals surface area contributed by atoms with Crippen LogP contribution in [0.3, 0.4) is 0 Å². The summed E-state index contributed by atoms with van der Waals surface area (Å²) in [6, 6.07) is 0.324. The Bertz CT molecular complexity index is 66.3. The van der Waals surface area contributed by atoms with Gasteiger partial charge in [-0.2, -0.15) is 0 Å². The average molecular weight is 145 g/mol. The average Bonchev–Trinajstić information content (AvgIpc) is 1.98. The van der Waals surface area contributed by atoms with Crippen LogP contribution in [0.4, 0.5) is 0 Å². The molecule has 0 aliphatic heterocycles. The molecule has 0 aliphatic rings. The summed E-state index contributed by atoms with van der Waals surface area (Å²) in [7, 11) is 0. The number of aliphatic hydroxyl groups is 1. The lowest BCUT2D eigenvalue weighted by molar-refractivity contribution is 0.235. The molecule has 0 radical (unpaired) electrons. The van der Waals surface area contributed by atoms with Crippen molar-refractivity contribution in [2.24, 2.45) is 0 Å². The topological polar surface area (TPSA) is 32.3 Å². The van der Waals surface area contributed by atoms with Crippen molar-refractivity contribution in [2.45, 2.75) is 39.2 Å². The van der Waals surface area contributed by atoms with Gasteiger partial charge in [-0.25, -0.2) is 0 Å². The van der Waals surface area contributed by atoms with Crippen molar-refractivity contribution < 1.29 is 5.11 Å². The van der Waals surface area contributed by atoms with Gasteiger partial charge >= 0.3 is 0 Å². The van der Waals surface area contributed by atoms with Gasteiger partial charge < -0.3 is 10.4 Å². The fourth-order valence-corrected chi connectivity index (χ4v) is 0.955. The van der Waals surface area contributed by atoms with Crippen LogP contribution < -0.4 is 5.32 Å². The molecule has 1 atom stereocenters. The molecule has 0 spiro atoms. The minimum atomic E-state index is 0.272. The second-order valence-electron chi connectivity index (χ2n) is 2.62. The molecule has 0 aromatic heterocycles. The van der Waals surface area contributed by atoms with E-state index in [-0.39, 0.29) is 6.61 Å².